The summed E-state index contributed by atoms with van der Waals surface area (Å²) in [6.45, 7) is 1.91. The van der Waals surface area contributed by atoms with Gasteiger partial charge in [-0.15, -0.1) is 0 Å². The van der Waals surface area contributed by atoms with Crippen LogP contribution in [-0.2, 0) is 16.6 Å². The molecule has 0 aliphatic rings. The molecule has 2 aromatic rings. The predicted molar refractivity (Wildman–Crippen MR) is 82.2 cm³/mol. The van der Waals surface area contributed by atoms with E-state index in [1.165, 1.54) is 0 Å². The van der Waals surface area contributed by atoms with Crippen LogP contribution in [0.15, 0.2) is 41.3 Å². The van der Waals surface area contributed by atoms with Crippen molar-refractivity contribution in [2.75, 3.05) is 5.73 Å². The average molecular weight is 314 g/mol. The molecule has 0 aliphatic heterocycles. The van der Waals surface area contributed by atoms with E-state index in [1.54, 1.807) is 18.2 Å². The molecule has 0 fully saturated rings. The summed E-state index contributed by atoms with van der Waals surface area (Å²) < 4.78 is 12.4. The number of halogens is 2. The SMILES string of the molecule is Cc1c(N)cccc1CS(=O)c1c(Cl)cccc1Cl. The van der Waals surface area contributed by atoms with Crippen molar-refractivity contribution in [3.63, 3.8) is 0 Å². The van der Waals surface area contributed by atoms with E-state index in [-0.39, 0.29) is 0 Å². The Morgan fingerprint density at radius 1 is 1.11 bits per heavy atom. The van der Waals surface area contributed by atoms with Gasteiger partial charge in [0.2, 0.25) is 0 Å². The minimum atomic E-state index is -1.30. The van der Waals surface area contributed by atoms with E-state index in [0.717, 1.165) is 11.1 Å². The number of nitrogen functional groups attached to an aromatic ring is 1. The number of anilines is 1. The van der Waals surface area contributed by atoms with E-state index >= 15 is 0 Å². The lowest BCUT2D eigenvalue weighted by Gasteiger charge is -2.10. The summed E-state index contributed by atoms with van der Waals surface area (Å²) in [6.07, 6.45) is 0. The average Bonchev–Trinajstić information content (AvgIpc) is 2.35. The Kier molecular flexibility index (Phi) is 4.50. The number of hydrogen-bond acceptors (Lipinski definition) is 2. The van der Waals surface area contributed by atoms with Gasteiger partial charge in [0.1, 0.15) is 0 Å². The van der Waals surface area contributed by atoms with Crippen LogP contribution < -0.4 is 5.73 Å². The smallest absolute Gasteiger partial charge is 0.0763 e. The van der Waals surface area contributed by atoms with Gasteiger partial charge in [0.25, 0.3) is 0 Å². The molecule has 2 aromatic carbocycles. The molecule has 19 heavy (non-hydrogen) atoms. The lowest BCUT2D eigenvalue weighted by Crippen LogP contribution is -2.02. The van der Waals surface area contributed by atoms with Crippen LogP contribution in [0.2, 0.25) is 10.0 Å². The van der Waals surface area contributed by atoms with E-state index in [4.69, 9.17) is 28.9 Å². The Morgan fingerprint density at radius 2 is 1.68 bits per heavy atom. The maximum atomic E-state index is 12.4. The number of rotatable bonds is 3. The number of nitrogens with two attached hydrogens (primary N) is 1. The molecule has 2 N–H and O–H groups in total. The molecule has 1 atom stereocenters. The Hall–Kier alpha value is -1.03. The molecule has 0 saturated heterocycles. The van der Waals surface area contributed by atoms with Crippen LogP contribution in [0.1, 0.15) is 11.1 Å². The van der Waals surface area contributed by atoms with Gasteiger partial charge >= 0.3 is 0 Å². The molecule has 0 aliphatic carbocycles. The molecule has 0 amide bonds. The normalized spacial score (nSPS) is 12.4. The molecule has 0 spiro atoms. The minimum absolute atomic E-state index is 0.348. The molecule has 0 heterocycles. The zero-order chi connectivity index (χ0) is 14.0. The van der Waals surface area contributed by atoms with Gasteiger partial charge < -0.3 is 5.73 Å². The standard InChI is InChI=1S/C14H13Cl2NOS/c1-9-10(4-2-7-13(9)17)8-19(18)14-11(15)5-3-6-12(14)16/h2-7H,8,17H2,1H3. The molecule has 0 bridgehead atoms. The highest BCUT2D eigenvalue weighted by molar-refractivity contribution is 7.84. The fourth-order valence-electron chi connectivity index (χ4n) is 1.77. The van der Waals surface area contributed by atoms with Crippen LogP contribution in [-0.4, -0.2) is 4.21 Å². The van der Waals surface area contributed by atoms with E-state index in [2.05, 4.69) is 0 Å². The topological polar surface area (TPSA) is 43.1 Å². The molecule has 5 heteroatoms. The molecule has 0 saturated carbocycles. The largest absolute Gasteiger partial charge is 0.399 e. The van der Waals surface area contributed by atoms with Crippen molar-refractivity contribution in [2.24, 2.45) is 0 Å². The number of hydrogen-bond donors (Lipinski definition) is 1. The van der Waals surface area contributed by atoms with E-state index < -0.39 is 10.8 Å². The Bertz CT molecular complexity index is 623. The van der Waals surface area contributed by atoms with Crippen molar-refractivity contribution in [1.29, 1.82) is 0 Å². The second-order valence-corrected chi connectivity index (χ2v) is 6.37. The summed E-state index contributed by atoms with van der Waals surface area (Å²) in [5.41, 5.74) is 8.42. The molecular formula is C14H13Cl2NOS. The summed E-state index contributed by atoms with van der Waals surface area (Å²) in [7, 11) is -1.30. The third kappa shape index (κ3) is 3.11. The summed E-state index contributed by atoms with van der Waals surface area (Å²) in [6, 6.07) is 10.7. The summed E-state index contributed by atoms with van der Waals surface area (Å²) in [5, 5.41) is 0.847. The minimum Gasteiger partial charge on any atom is -0.399 e. The Morgan fingerprint density at radius 3 is 2.32 bits per heavy atom. The fourth-order valence-corrected chi connectivity index (χ4v) is 4.00. The van der Waals surface area contributed by atoms with Gasteiger partial charge in [0.05, 0.1) is 31.5 Å². The number of benzene rings is 2. The van der Waals surface area contributed by atoms with Crippen molar-refractivity contribution in [1.82, 2.24) is 0 Å². The summed E-state index contributed by atoms with van der Waals surface area (Å²) >= 11 is 12.1. The maximum absolute atomic E-state index is 12.4. The quantitative estimate of drug-likeness (QED) is 0.863. The van der Waals surface area contributed by atoms with Crippen LogP contribution >= 0.6 is 23.2 Å². The van der Waals surface area contributed by atoms with Gasteiger partial charge in [-0.25, -0.2) is 0 Å². The highest BCUT2D eigenvalue weighted by atomic mass is 35.5. The van der Waals surface area contributed by atoms with E-state index in [1.807, 2.05) is 25.1 Å². The van der Waals surface area contributed by atoms with E-state index in [9.17, 15) is 4.21 Å². The maximum Gasteiger partial charge on any atom is 0.0763 e. The van der Waals surface area contributed by atoms with Crippen molar-refractivity contribution >= 4 is 39.7 Å². The summed E-state index contributed by atoms with van der Waals surface area (Å²) in [4.78, 5) is 0.479. The third-order valence-corrected chi connectivity index (χ3v) is 5.24. The van der Waals surface area contributed by atoms with Gasteiger partial charge in [0.15, 0.2) is 0 Å². The highest BCUT2D eigenvalue weighted by Gasteiger charge is 2.14. The molecule has 0 aromatic heterocycles. The second-order valence-electron chi connectivity index (χ2n) is 4.17. The Labute approximate surface area is 125 Å². The molecule has 1 unspecified atom stereocenters. The predicted octanol–water partition coefficient (Wildman–Crippen LogP) is 4.19. The molecule has 2 rings (SSSR count). The van der Waals surface area contributed by atoms with Crippen LogP contribution in [0.4, 0.5) is 5.69 Å². The van der Waals surface area contributed by atoms with Crippen LogP contribution in [0.3, 0.4) is 0 Å². The van der Waals surface area contributed by atoms with Gasteiger partial charge in [-0.3, -0.25) is 4.21 Å². The lowest BCUT2D eigenvalue weighted by atomic mass is 10.1. The fraction of sp³-hybridized carbons (Fsp3) is 0.143. The first-order chi connectivity index (χ1) is 9.00. The van der Waals surface area contributed by atoms with Gasteiger partial charge in [0, 0.05) is 5.69 Å². The molecule has 2 nitrogen and oxygen atoms in total. The highest BCUT2D eigenvalue weighted by Crippen LogP contribution is 2.30. The van der Waals surface area contributed by atoms with Crippen molar-refractivity contribution < 1.29 is 4.21 Å². The Balaban J connectivity index is 2.34. The monoisotopic (exact) mass is 313 g/mol. The zero-order valence-corrected chi connectivity index (χ0v) is 12.6. The first kappa shape index (κ1) is 14.4. The van der Waals surface area contributed by atoms with Gasteiger partial charge in [-0.05, 0) is 36.2 Å². The van der Waals surface area contributed by atoms with Gasteiger partial charge in [-0.2, -0.15) is 0 Å². The van der Waals surface area contributed by atoms with Crippen molar-refractivity contribution in [3.05, 3.63) is 57.6 Å². The first-order valence-electron chi connectivity index (χ1n) is 5.67. The first-order valence-corrected chi connectivity index (χ1v) is 7.74. The molecule has 0 radical (unpaired) electrons. The van der Waals surface area contributed by atoms with Crippen LogP contribution in [0.25, 0.3) is 0 Å². The lowest BCUT2D eigenvalue weighted by molar-refractivity contribution is 0.682. The van der Waals surface area contributed by atoms with Crippen LogP contribution in [0.5, 0.6) is 0 Å². The summed E-state index contributed by atoms with van der Waals surface area (Å²) in [5.74, 6) is 0.348. The second kappa shape index (κ2) is 5.95. The zero-order valence-electron chi connectivity index (χ0n) is 10.3. The van der Waals surface area contributed by atoms with Gasteiger partial charge in [-0.1, -0.05) is 41.4 Å². The molecular weight excluding hydrogens is 301 g/mol. The van der Waals surface area contributed by atoms with Crippen molar-refractivity contribution in [3.8, 4) is 0 Å². The van der Waals surface area contributed by atoms with E-state index in [0.29, 0.717) is 26.4 Å². The van der Waals surface area contributed by atoms with Crippen molar-refractivity contribution in [2.45, 2.75) is 17.6 Å². The van der Waals surface area contributed by atoms with Crippen LogP contribution in [0, 0.1) is 6.92 Å². The third-order valence-electron chi connectivity index (χ3n) is 2.92. The molecule has 100 valence electrons.